The molecule has 0 fully saturated rings. The summed E-state index contributed by atoms with van der Waals surface area (Å²) < 4.78 is 0. The lowest BCUT2D eigenvalue weighted by Gasteiger charge is -2.15. The Kier molecular flexibility index (Phi) is 3.67. The maximum absolute atomic E-state index is 10.6. The van der Waals surface area contributed by atoms with Crippen LogP contribution in [0, 0.1) is 13.8 Å². The van der Waals surface area contributed by atoms with Crippen LogP contribution in [0.2, 0.25) is 0 Å². The summed E-state index contributed by atoms with van der Waals surface area (Å²) in [7, 11) is 0. The molecule has 0 bridgehead atoms. The molecule has 0 saturated carbocycles. The van der Waals surface area contributed by atoms with Crippen LogP contribution in [0.1, 0.15) is 28.4 Å². The smallest absolute Gasteiger partial charge is 0.0944 e. The molecule has 1 unspecified atom stereocenters. The van der Waals surface area contributed by atoms with Crippen molar-refractivity contribution in [1.29, 1.82) is 0 Å². The minimum absolute atomic E-state index is 0.578. The number of fused-ring (bicyclic) bond motifs is 1. The molecule has 0 amide bonds. The van der Waals surface area contributed by atoms with E-state index in [1.165, 1.54) is 16.7 Å². The number of hydrogen-bond donors (Lipinski definition) is 1. The molecule has 0 aliphatic rings. The standard InChI is InChI=1S/C18H18N2O/c1-12-6-7-13(2)14(10-12)11-17(21)15-4-3-5-16-18(15)20-9-8-19-16/h3-10,17,21H,11H2,1-2H3. The van der Waals surface area contributed by atoms with E-state index in [4.69, 9.17) is 0 Å². The number of aliphatic hydroxyl groups excluding tert-OH is 1. The first-order valence-corrected chi connectivity index (χ1v) is 7.09. The average Bonchev–Trinajstić information content (AvgIpc) is 2.50. The number of aliphatic hydroxyl groups is 1. The summed E-state index contributed by atoms with van der Waals surface area (Å²) in [4.78, 5) is 8.65. The van der Waals surface area contributed by atoms with Crippen molar-refractivity contribution in [2.24, 2.45) is 0 Å². The van der Waals surface area contributed by atoms with Crippen LogP contribution in [-0.2, 0) is 6.42 Å². The molecule has 106 valence electrons. The molecule has 3 heteroatoms. The molecule has 3 rings (SSSR count). The Morgan fingerprint density at radius 3 is 2.71 bits per heavy atom. The van der Waals surface area contributed by atoms with E-state index in [0.717, 1.165) is 16.6 Å². The molecule has 1 atom stereocenters. The maximum atomic E-state index is 10.6. The van der Waals surface area contributed by atoms with Crippen LogP contribution in [0.3, 0.4) is 0 Å². The quantitative estimate of drug-likeness (QED) is 0.797. The molecule has 21 heavy (non-hydrogen) atoms. The normalized spacial score (nSPS) is 12.5. The Balaban J connectivity index is 1.97. The number of aromatic nitrogens is 2. The van der Waals surface area contributed by atoms with Gasteiger partial charge in [0.2, 0.25) is 0 Å². The van der Waals surface area contributed by atoms with Crippen molar-refractivity contribution in [3.8, 4) is 0 Å². The van der Waals surface area contributed by atoms with Gasteiger partial charge >= 0.3 is 0 Å². The van der Waals surface area contributed by atoms with E-state index in [1.807, 2.05) is 18.2 Å². The van der Waals surface area contributed by atoms with E-state index in [9.17, 15) is 5.11 Å². The van der Waals surface area contributed by atoms with Crippen LogP contribution in [0.15, 0.2) is 48.8 Å². The van der Waals surface area contributed by atoms with E-state index in [1.54, 1.807) is 12.4 Å². The summed E-state index contributed by atoms with van der Waals surface area (Å²) in [6.07, 6.45) is 3.34. The van der Waals surface area contributed by atoms with Crippen LogP contribution in [0.4, 0.5) is 0 Å². The van der Waals surface area contributed by atoms with E-state index < -0.39 is 6.10 Å². The lowest BCUT2D eigenvalue weighted by atomic mass is 9.96. The van der Waals surface area contributed by atoms with Crippen LogP contribution < -0.4 is 0 Å². The minimum Gasteiger partial charge on any atom is -0.388 e. The number of rotatable bonds is 3. The first-order chi connectivity index (χ1) is 10.1. The lowest BCUT2D eigenvalue weighted by Crippen LogP contribution is -2.05. The molecule has 1 aromatic heterocycles. The van der Waals surface area contributed by atoms with E-state index in [0.29, 0.717) is 6.42 Å². The predicted molar refractivity (Wildman–Crippen MR) is 84.1 cm³/mol. The third-order valence-electron chi connectivity index (χ3n) is 3.81. The molecule has 0 aliphatic carbocycles. The van der Waals surface area contributed by atoms with Crippen molar-refractivity contribution in [2.45, 2.75) is 26.4 Å². The van der Waals surface area contributed by atoms with Gasteiger partial charge in [0.05, 0.1) is 17.1 Å². The van der Waals surface area contributed by atoms with Gasteiger partial charge < -0.3 is 5.11 Å². The zero-order valence-electron chi connectivity index (χ0n) is 12.2. The molecule has 0 spiro atoms. The first kappa shape index (κ1) is 13.7. The molecule has 3 aromatic rings. The summed E-state index contributed by atoms with van der Waals surface area (Å²) in [5.74, 6) is 0. The minimum atomic E-state index is -0.578. The SMILES string of the molecule is Cc1ccc(C)c(CC(O)c2cccc3nccnc23)c1. The summed E-state index contributed by atoms with van der Waals surface area (Å²) >= 11 is 0. The maximum Gasteiger partial charge on any atom is 0.0944 e. The van der Waals surface area contributed by atoms with E-state index in [-0.39, 0.29) is 0 Å². The Morgan fingerprint density at radius 1 is 1.05 bits per heavy atom. The fourth-order valence-electron chi connectivity index (χ4n) is 2.62. The Bertz CT molecular complexity index is 778. The summed E-state index contributed by atoms with van der Waals surface area (Å²) in [5.41, 5.74) is 6.00. The molecule has 0 aliphatic heterocycles. The van der Waals surface area contributed by atoms with Crippen molar-refractivity contribution in [3.05, 3.63) is 71.0 Å². The Labute approximate surface area is 124 Å². The number of benzene rings is 2. The molecular formula is C18H18N2O. The van der Waals surface area contributed by atoms with Gasteiger partial charge in [-0.25, -0.2) is 0 Å². The van der Waals surface area contributed by atoms with Gasteiger partial charge in [0.1, 0.15) is 0 Å². The largest absolute Gasteiger partial charge is 0.388 e. The third kappa shape index (κ3) is 2.78. The van der Waals surface area contributed by atoms with Crippen molar-refractivity contribution in [3.63, 3.8) is 0 Å². The number of hydrogen-bond acceptors (Lipinski definition) is 3. The highest BCUT2D eigenvalue weighted by molar-refractivity contribution is 5.77. The van der Waals surface area contributed by atoms with Gasteiger partial charge in [-0.2, -0.15) is 0 Å². The van der Waals surface area contributed by atoms with E-state index >= 15 is 0 Å². The number of nitrogens with zero attached hydrogens (tertiary/aromatic N) is 2. The Hall–Kier alpha value is -2.26. The molecule has 1 N–H and O–H groups in total. The second kappa shape index (κ2) is 5.62. The van der Waals surface area contributed by atoms with Gasteiger partial charge in [0.25, 0.3) is 0 Å². The van der Waals surface area contributed by atoms with Crippen molar-refractivity contribution in [1.82, 2.24) is 9.97 Å². The van der Waals surface area contributed by atoms with Gasteiger partial charge in [-0.3, -0.25) is 9.97 Å². The van der Waals surface area contributed by atoms with Gasteiger partial charge in [-0.05, 0) is 31.0 Å². The second-order valence-electron chi connectivity index (χ2n) is 5.42. The predicted octanol–water partition coefficient (Wildman–Crippen LogP) is 3.52. The summed E-state index contributed by atoms with van der Waals surface area (Å²) in [6.45, 7) is 4.14. The van der Waals surface area contributed by atoms with Crippen molar-refractivity contribution >= 4 is 11.0 Å². The molecule has 1 heterocycles. The fourth-order valence-corrected chi connectivity index (χ4v) is 2.62. The highest BCUT2D eigenvalue weighted by Crippen LogP contribution is 2.25. The van der Waals surface area contributed by atoms with E-state index in [2.05, 4.69) is 42.0 Å². The lowest BCUT2D eigenvalue weighted by molar-refractivity contribution is 0.179. The number of aryl methyl sites for hydroxylation is 2. The van der Waals surface area contributed by atoms with Crippen LogP contribution in [0.25, 0.3) is 11.0 Å². The van der Waals surface area contributed by atoms with Crippen LogP contribution in [-0.4, -0.2) is 15.1 Å². The van der Waals surface area contributed by atoms with Gasteiger partial charge in [-0.15, -0.1) is 0 Å². The van der Waals surface area contributed by atoms with Crippen LogP contribution >= 0.6 is 0 Å². The highest BCUT2D eigenvalue weighted by atomic mass is 16.3. The zero-order chi connectivity index (χ0) is 14.8. The number of para-hydroxylation sites is 1. The third-order valence-corrected chi connectivity index (χ3v) is 3.81. The Morgan fingerprint density at radius 2 is 1.86 bits per heavy atom. The van der Waals surface area contributed by atoms with Gasteiger partial charge in [0, 0.05) is 24.4 Å². The topological polar surface area (TPSA) is 46.0 Å². The molecular weight excluding hydrogens is 260 g/mol. The highest BCUT2D eigenvalue weighted by Gasteiger charge is 2.14. The molecule has 0 saturated heterocycles. The monoisotopic (exact) mass is 278 g/mol. The summed E-state index contributed by atoms with van der Waals surface area (Å²) in [6, 6.07) is 12.1. The van der Waals surface area contributed by atoms with Crippen molar-refractivity contribution < 1.29 is 5.11 Å². The van der Waals surface area contributed by atoms with Gasteiger partial charge in [-0.1, -0.05) is 35.9 Å². The zero-order valence-corrected chi connectivity index (χ0v) is 12.2. The first-order valence-electron chi connectivity index (χ1n) is 7.09. The van der Waals surface area contributed by atoms with Crippen molar-refractivity contribution in [2.75, 3.05) is 0 Å². The fraction of sp³-hybridized carbons (Fsp3) is 0.222. The second-order valence-corrected chi connectivity index (χ2v) is 5.42. The van der Waals surface area contributed by atoms with Crippen LogP contribution in [0.5, 0.6) is 0 Å². The average molecular weight is 278 g/mol. The molecule has 3 nitrogen and oxygen atoms in total. The molecule has 0 radical (unpaired) electrons. The summed E-state index contributed by atoms with van der Waals surface area (Å²) in [5, 5.41) is 10.6. The molecule has 2 aromatic carbocycles. The van der Waals surface area contributed by atoms with Gasteiger partial charge in [0.15, 0.2) is 0 Å².